The molecule has 0 bridgehead atoms. The van der Waals surface area contributed by atoms with Crippen molar-refractivity contribution in [2.75, 3.05) is 18.1 Å². The number of carboxylic acid groups (broad SMARTS) is 1. The molecule has 0 spiro atoms. The van der Waals surface area contributed by atoms with E-state index in [0.29, 0.717) is 5.13 Å². The molecule has 1 rings (SSSR count). The fraction of sp³-hybridized carbons (Fsp3) is 0.556. The van der Waals surface area contributed by atoms with Gasteiger partial charge in [0.15, 0.2) is 15.0 Å². The smallest absolute Gasteiger partial charge is 0.347 e. The number of nitrogens with one attached hydrogen (secondary N) is 1. The SMILES string of the molecule is CC(C)(CNc1ncc(C(=O)O)s1)S(C)(=O)=O. The molecule has 0 aliphatic heterocycles. The maximum Gasteiger partial charge on any atom is 0.347 e. The summed E-state index contributed by atoms with van der Waals surface area (Å²) in [4.78, 5) is 14.6. The molecule has 0 saturated carbocycles. The van der Waals surface area contributed by atoms with E-state index < -0.39 is 20.6 Å². The van der Waals surface area contributed by atoms with Crippen LogP contribution in [0.3, 0.4) is 0 Å². The van der Waals surface area contributed by atoms with Crippen LogP contribution in [-0.4, -0.2) is 42.0 Å². The lowest BCUT2D eigenvalue weighted by Gasteiger charge is -2.22. The van der Waals surface area contributed by atoms with E-state index in [2.05, 4.69) is 10.3 Å². The number of carboxylic acids is 1. The van der Waals surface area contributed by atoms with E-state index in [1.54, 1.807) is 13.8 Å². The molecule has 17 heavy (non-hydrogen) atoms. The molecule has 1 aromatic heterocycles. The Kier molecular flexibility index (Phi) is 3.78. The summed E-state index contributed by atoms with van der Waals surface area (Å²) in [6.45, 7) is 3.38. The number of aromatic nitrogens is 1. The lowest BCUT2D eigenvalue weighted by Crippen LogP contribution is -2.38. The van der Waals surface area contributed by atoms with Crippen molar-refractivity contribution in [3.05, 3.63) is 11.1 Å². The highest BCUT2D eigenvalue weighted by atomic mass is 32.2. The third-order valence-corrected chi connectivity index (χ3v) is 5.48. The Morgan fingerprint density at radius 2 is 2.18 bits per heavy atom. The molecule has 0 aliphatic rings. The van der Waals surface area contributed by atoms with Crippen LogP contribution in [-0.2, 0) is 9.84 Å². The molecule has 0 atom stereocenters. The van der Waals surface area contributed by atoms with Gasteiger partial charge in [0.2, 0.25) is 0 Å². The molecule has 96 valence electrons. The van der Waals surface area contributed by atoms with E-state index in [-0.39, 0.29) is 11.4 Å². The fourth-order valence-corrected chi connectivity index (χ4v) is 1.86. The van der Waals surface area contributed by atoms with Crippen molar-refractivity contribution >= 4 is 32.3 Å². The van der Waals surface area contributed by atoms with Crippen molar-refractivity contribution in [1.82, 2.24) is 4.98 Å². The van der Waals surface area contributed by atoms with Crippen LogP contribution in [0, 0.1) is 0 Å². The summed E-state index contributed by atoms with van der Waals surface area (Å²) in [6, 6.07) is 0. The standard InChI is InChI=1S/C9H14N2O4S2/c1-9(2,17(3,14)15)5-11-8-10-4-6(16-8)7(12)13/h4H,5H2,1-3H3,(H,10,11)(H,12,13). The predicted octanol–water partition coefficient (Wildman–Crippen LogP) is 1.08. The summed E-state index contributed by atoms with van der Waals surface area (Å²) in [5, 5.41) is 11.9. The number of hydrogen-bond acceptors (Lipinski definition) is 6. The lowest BCUT2D eigenvalue weighted by atomic mass is 10.2. The van der Waals surface area contributed by atoms with Crippen LogP contribution < -0.4 is 5.32 Å². The van der Waals surface area contributed by atoms with Crippen LogP contribution in [0.5, 0.6) is 0 Å². The van der Waals surface area contributed by atoms with E-state index in [4.69, 9.17) is 5.11 Å². The lowest BCUT2D eigenvalue weighted by molar-refractivity contribution is 0.0702. The first kappa shape index (κ1) is 13.9. The van der Waals surface area contributed by atoms with Gasteiger partial charge in [-0.1, -0.05) is 11.3 Å². The molecular formula is C9H14N2O4S2. The zero-order valence-electron chi connectivity index (χ0n) is 9.72. The summed E-state index contributed by atoms with van der Waals surface area (Å²) < 4.78 is 21.9. The van der Waals surface area contributed by atoms with E-state index >= 15 is 0 Å². The second-order valence-corrected chi connectivity index (χ2v) is 7.90. The Hall–Kier alpha value is -1.15. The summed E-state index contributed by atoms with van der Waals surface area (Å²) in [7, 11) is -3.18. The van der Waals surface area contributed by atoms with Crippen LogP contribution in [0.2, 0.25) is 0 Å². The van der Waals surface area contributed by atoms with Gasteiger partial charge in [-0.2, -0.15) is 0 Å². The maximum atomic E-state index is 11.4. The number of nitrogens with zero attached hydrogens (tertiary/aromatic N) is 1. The zero-order chi connectivity index (χ0) is 13.3. The molecule has 0 aromatic carbocycles. The Balaban J connectivity index is 2.71. The predicted molar refractivity (Wildman–Crippen MR) is 66.5 cm³/mol. The van der Waals surface area contributed by atoms with Gasteiger partial charge in [0.25, 0.3) is 0 Å². The van der Waals surface area contributed by atoms with Gasteiger partial charge in [-0.15, -0.1) is 0 Å². The van der Waals surface area contributed by atoms with E-state index in [0.717, 1.165) is 11.3 Å². The molecule has 0 saturated heterocycles. The molecule has 0 aliphatic carbocycles. The van der Waals surface area contributed by atoms with Gasteiger partial charge in [-0.05, 0) is 13.8 Å². The van der Waals surface area contributed by atoms with Crippen molar-refractivity contribution in [3.8, 4) is 0 Å². The summed E-state index contributed by atoms with van der Waals surface area (Å²) in [5.41, 5.74) is 0. The Bertz CT molecular complexity index is 519. The molecule has 0 radical (unpaired) electrons. The number of hydrogen-bond donors (Lipinski definition) is 2. The van der Waals surface area contributed by atoms with Gasteiger partial charge < -0.3 is 10.4 Å². The molecule has 0 amide bonds. The summed E-state index contributed by atoms with van der Waals surface area (Å²) >= 11 is 0.976. The van der Waals surface area contributed by atoms with Crippen LogP contribution >= 0.6 is 11.3 Å². The Morgan fingerprint density at radius 1 is 1.59 bits per heavy atom. The second kappa shape index (κ2) is 4.61. The third kappa shape index (κ3) is 3.40. The monoisotopic (exact) mass is 278 g/mol. The zero-order valence-corrected chi connectivity index (χ0v) is 11.4. The van der Waals surface area contributed by atoms with Gasteiger partial charge in [0.1, 0.15) is 4.88 Å². The highest BCUT2D eigenvalue weighted by Crippen LogP contribution is 2.21. The quantitative estimate of drug-likeness (QED) is 0.836. The molecule has 8 heteroatoms. The average molecular weight is 278 g/mol. The second-order valence-electron chi connectivity index (χ2n) is 4.22. The van der Waals surface area contributed by atoms with Crippen LogP contribution in [0.1, 0.15) is 23.5 Å². The van der Waals surface area contributed by atoms with Crippen molar-refractivity contribution < 1.29 is 18.3 Å². The van der Waals surface area contributed by atoms with Gasteiger partial charge >= 0.3 is 5.97 Å². The van der Waals surface area contributed by atoms with Gasteiger partial charge in [-0.3, -0.25) is 0 Å². The van der Waals surface area contributed by atoms with Crippen molar-refractivity contribution in [2.45, 2.75) is 18.6 Å². The van der Waals surface area contributed by atoms with Crippen molar-refractivity contribution in [1.29, 1.82) is 0 Å². The molecule has 1 aromatic rings. The van der Waals surface area contributed by atoms with Crippen molar-refractivity contribution in [2.24, 2.45) is 0 Å². The van der Waals surface area contributed by atoms with Gasteiger partial charge in [0, 0.05) is 12.8 Å². The number of anilines is 1. The Labute approximate surface area is 104 Å². The van der Waals surface area contributed by atoms with E-state index in [9.17, 15) is 13.2 Å². The minimum Gasteiger partial charge on any atom is -0.477 e. The first-order valence-electron chi connectivity index (χ1n) is 4.76. The summed E-state index contributed by atoms with van der Waals surface area (Å²) in [5.74, 6) is -1.04. The van der Waals surface area contributed by atoms with Crippen LogP contribution in [0.15, 0.2) is 6.20 Å². The molecule has 6 nitrogen and oxygen atoms in total. The highest BCUT2D eigenvalue weighted by molar-refractivity contribution is 7.92. The minimum absolute atomic E-state index is 0.115. The van der Waals surface area contributed by atoms with Crippen molar-refractivity contribution in [3.63, 3.8) is 0 Å². The normalized spacial score (nSPS) is 12.4. The fourth-order valence-electron chi connectivity index (χ4n) is 0.874. The topological polar surface area (TPSA) is 96.4 Å². The van der Waals surface area contributed by atoms with Gasteiger partial charge in [-0.25, -0.2) is 18.2 Å². The van der Waals surface area contributed by atoms with E-state index in [1.807, 2.05) is 0 Å². The number of carbonyl (C=O) groups is 1. The first-order chi connectivity index (χ1) is 7.63. The maximum absolute atomic E-state index is 11.4. The Morgan fingerprint density at radius 3 is 2.59 bits per heavy atom. The van der Waals surface area contributed by atoms with Gasteiger partial charge in [0.05, 0.1) is 10.9 Å². The molecule has 0 unspecified atom stereocenters. The number of aromatic carboxylic acids is 1. The highest BCUT2D eigenvalue weighted by Gasteiger charge is 2.30. The largest absolute Gasteiger partial charge is 0.477 e. The summed E-state index contributed by atoms with van der Waals surface area (Å²) in [6.07, 6.45) is 2.40. The number of rotatable bonds is 5. The molecule has 2 N–H and O–H groups in total. The minimum atomic E-state index is -3.18. The third-order valence-electron chi connectivity index (χ3n) is 2.39. The molecule has 0 fully saturated rings. The average Bonchev–Trinajstić information content (AvgIpc) is 2.61. The van der Waals surface area contributed by atoms with Crippen LogP contribution in [0.4, 0.5) is 5.13 Å². The molecular weight excluding hydrogens is 264 g/mol. The van der Waals surface area contributed by atoms with E-state index in [1.165, 1.54) is 12.5 Å². The van der Waals surface area contributed by atoms with Crippen LogP contribution in [0.25, 0.3) is 0 Å². The first-order valence-corrected chi connectivity index (χ1v) is 7.47. The molecule has 1 heterocycles. The number of sulfone groups is 1. The number of thiazole rings is 1.